The molecule has 2 aliphatic heterocycles. The van der Waals surface area contributed by atoms with Gasteiger partial charge in [-0.15, -0.1) is 0 Å². The maximum Gasteiger partial charge on any atom is 0.127 e. The summed E-state index contributed by atoms with van der Waals surface area (Å²) < 4.78 is 10.8. The third-order valence-electron chi connectivity index (χ3n) is 4.93. The van der Waals surface area contributed by atoms with Crippen molar-refractivity contribution in [2.75, 3.05) is 33.9 Å². The molecule has 2 atom stereocenters. The van der Waals surface area contributed by atoms with Crippen LogP contribution in [0, 0.1) is 0 Å². The maximum absolute atomic E-state index is 5.53. The third-order valence-corrected chi connectivity index (χ3v) is 4.93. The molecule has 21 heavy (non-hydrogen) atoms. The normalized spacial score (nSPS) is 26.6. The van der Waals surface area contributed by atoms with E-state index in [0.717, 1.165) is 24.1 Å². The molecular formula is C17H26N2O2. The first kappa shape index (κ1) is 14.7. The van der Waals surface area contributed by atoms with Gasteiger partial charge in [0.05, 0.1) is 14.2 Å². The molecule has 1 aromatic carbocycles. The van der Waals surface area contributed by atoms with Crippen molar-refractivity contribution in [1.82, 2.24) is 9.80 Å². The molecule has 2 fully saturated rings. The first-order chi connectivity index (χ1) is 10.2. The Morgan fingerprint density at radius 1 is 1.19 bits per heavy atom. The lowest BCUT2D eigenvalue weighted by atomic mass is 10.1. The first-order valence-electron chi connectivity index (χ1n) is 7.90. The average molecular weight is 290 g/mol. The maximum atomic E-state index is 5.53. The summed E-state index contributed by atoms with van der Waals surface area (Å²) in [6.07, 6.45) is 2.71. The predicted octanol–water partition coefficient (Wildman–Crippen LogP) is 2.37. The number of hydrogen-bond donors (Lipinski definition) is 0. The molecule has 0 amide bonds. The molecule has 3 rings (SSSR count). The first-order valence-corrected chi connectivity index (χ1v) is 7.90. The van der Waals surface area contributed by atoms with Crippen molar-refractivity contribution < 1.29 is 9.47 Å². The van der Waals surface area contributed by atoms with Crippen LogP contribution in [0.25, 0.3) is 0 Å². The van der Waals surface area contributed by atoms with Crippen molar-refractivity contribution in [1.29, 1.82) is 0 Å². The number of rotatable bonds is 4. The van der Waals surface area contributed by atoms with Crippen molar-refractivity contribution >= 4 is 0 Å². The van der Waals surface area contributed by atoms with Gasteiger partial charge in [0.25, 0.3) is 0 Å². The van der Waals surface area contributed by atoms with Crippen LogP contribution in [-0.2, 0) is 6.54 Å². The van der Waals surface area contributed by atoms with E-state index >= 15 is 0 Å². The Hall–Kier alpha value is -1.26. The van der Waals surface area contributed by atoms with Crippen molar-refractivity contribution in [3.05, 3.63) is 23.8 Å². The summed E-state index contributed by atoms with van der Waals surface area (Å²) in [5.41, 5.74) is 1.25. The number of benzene rings is 1. The monoisotopic (exact) mass is 290 g/mol. The number of piperazine rings is 1. The molecule has 1 aromatic rings. The fourth-order valence-electron chi connectivity index (χ4n) is 3.67. The van der Waals surface area contributed by atoms with Gasteiger partial charge in [-0.2, -0.15) is 0 Å². The van der Waals surface area contributed by atoms with Crippen LogP contribution in [0.1, 0.15) is 25.3 Å². The minimum Gasteiger partial charge on any atom is -0.497 e. The summed E-state index contributed by atoms with van der Waals surface area (Å²) in [7, 11) is 3.42. The minimum absolute atomic E-state index is 0.603. The highest BCUT2D eigenvalue weighted by molar-refractivity contribution is 5.40. The van der Waals surface area contributed by atoms with Gasteiger partial charge < -0.3 is 9.47 Å². The lowest BCUT2D eigenvalue weighted by Crippen LogP contribution is -2.54. The molecule has 0 unspecified atom stereocenters. The second-order valence-corrected chi connectivity index (χ2v) is 6.25. The van der Waals surface area contributed by atoms with Gasteiger partial charge in [-0.25, -0.2) is 0 Å². The van der Waals surface area contributed by atoms with Crippen molar-refractivity contribution in [3.8, 4) is 11.5 Å². The van der Waals surface area contributed by atoms with E-state index in [9.17, 15) is 0 Å². The molecule has 4 nitrogen and oxygen atoms in total. The van der Waals surface area contributed by atoms with Crippen LogP contribution in [0.2, 0.25) is 0 Å². The fourth-order valence-corrected chi connectivity index (χ4v) is 3.67. The molecule has 2 heterocycles. The molecular weight excluding hydrogens is 264 g/mol. The second kappa shape index (κ2) is 6.24. The highest BCUT2D eigenvalue weighted by Gasteiger charge is 2.34. The van der Waals surface area contributed by atoms with Crippen LogP contribution >= 0.6 is 0 Å². The molecule has 0 spiro atoms. The van der Waals surface area contributed by atoms with E-state index in [1.165, 1.54) is 38.0 Å². The number of fused-ring (bicyclic) bond motifs is 1. The molecule has 0 radical (unpaired) electrons. The SMILES string of the molecule is COc1ccc(CN2C[C@H]3CCCN3C[C@@H]2C)c(OC)c1. The summed E-state index contributed by atoms with van der Waals surface area (Å²) >= 11 is 0. The van der Waals surface area contributed by atoms with E-state index in [1.54, 1.807) is 14.2 Å². The van der Waals surface area contributed by atoms with Crippen LogP contribution in [0.15, 0.2) is 18.2 Å². The molecule has 0 N–H and O–H groups in total. The summed E-state index contributed by atoms with van der Waals surface area (Å²) in [4.78, 5) is 5.25. The van der Waals surface area contributed by atoms with Crippen LogP contribution in [0.3, 0.4) is 0 Å². The number of ether oxygens (including phenoxy) is 2. The highest BCUT2D eigenvalue weighted by Crippen LogP contribution is 2.29. The van der Waals surface area contributed by atoms with E-state index in [4.69, 9.17) is 9.47 Å². The summed E-state index contributed by atoms with van der Waals surface area (Å²) in [6, 6.07) is 7.49. The molecule has 4 heteroatoms. The molecule has 0 aromatic heterocycles. The quantitative estimate of drug-likeness (QED) is 0.850. The number of methoxy groups -OCH3 is 2. The van der Waals surface area contributed by atoms with Crippen molar-refractivity contribution in [3.63, 3.8) is 0 Å². The Bertz CT molecular complexity index is 492. The summed E-state index contributed by atoms with van der Waals surface area (Å²) in [5.74, 6) is 1.78. The molecule has 0 bridgehead atoms. The largest absolute Gasteiger partial charge is 0.497 e. The van der Waals surface area contributed by atoms with Gasteiger partial charge in [-0.3, -0.25) is 9.80 Å². The van der Waals surface area contributed by atoms with Gasteiger partial charge in [-0.05, 0) is 32.4 Å². The zero-order valence-electron chi connectivity index (χ0n) is 13.3. The second-order valence-electron chi connectivity index (χ2n) is 6.25. The van der Waals surface area contributed by atoms with Gasteiger partial charge in [0.15, 0.2) is 0 Å². The van der Waals surface area contributed by atoms with Gasteiger partial charge in [-0.1, -0.05) is 6.07 Å². The Kier molecular flexibility index (Phi) is 4.36. The zero-order chi connectivity index (χ0) is 14.8. The average Bonchev–Trinajstić information content (AvgIpc) is 2.95. The smallest absolute Gasteiger partial charge is 0.127 e. The van der Waals surface area contributed by atoms with Gasteiger partial charge in [0, 0.05) is 43.3 Å². The van der Waals surface area contributed by atoms with Gasteiger partial charge >= 0.3 is 0 Å². The minimum atomic E-state index is 0.603. The topological polar surface area (TPSA) is 24.9 Å². The van der Waals surface area contributed by atoms with Gasteiger partial charge in [0.1, 0.15) is 11.5 Å². The summed E-state index contributed by atoms with van der Waals surface area (Å²) in [5, 5.41) is 0. The van der Waals surface area contributed by atoms with Crippen molar-refractivity contribution in [2.45, 2.75) is 38.4 Å². The lowest BCUT2D eigenvalue weighted by molar-refractivity contribution is 0.0535. The summed E-state index contributed by atoms with van der Waals surface area (Å²) in [6.45, 7) is 6.96. The van der Waals surface area contributed by atoms with Crippen molar-refractivity contribution in [2.24, 2.45) is 0 Å². The van der Waals surface area contributed by atoms with E-state index in [-0.39, 0.29) is 0 Å². The zero-order valence-corrected chi connectivity index (χ0v) is 13.3. The van der Waals surface area contributed by atoms with Crippen LogP contribution in [-0.4, -0.2) is 55.7 Å². The standard InChI is InChI=1S/C17H26N2O2/c1-13-10-18-8-4-5-15(18)12-19(13)11-14-6-7-16(20-2)9-17(14)21-3/h6-7,9,13,15H,4-5,8,10-12H2,1-3H3/t13-,15+/m0/s1. The van der Waals surface area contributed by atoms with Crippen LogP contribution in [0.4, 0.5) is 0 Å². The molecule has 2 saturated heterocycles. The predicted molar refractivity (Wildman–Crippen MR) is 84.0 cm³/mol. The van der Waals surface area contributed by atoms with Crippen LogP contribution < -0.4 is 9.47 Å². The Labute approximate surface area is 127 Å². The van der Waals surface area contributed by atoms with E-state index in [1.807, 2.05) is 12.1 Å². The highest BCUT2D eigenvalue weighted by atomic mass is 16.5. The van der Waals surface area contributed by atoms with Crippen LogP contribution in [0.5, 0.6) is 11.5 Å². The molecule has 0 saturated carbocycles. The van der Waals surface area contributed by atoms with E-state index < -0.39 is 0 Å². The fraction of sp³-hybridized carbons (Fsp3) is 0.647. The lowest BCUT2D eigenvalue weighted by Gasteiger charge is -2.42. The Morgan fingerprint density at radius 3 is 2.81 bits per heavy atom. The van der Waals surface area contributed by atoms with E-state index in [2.05, 4.69) is 22.8 Å². The molecule has 116 valence electrons. The van der Waals surface area contributed by atoms with E-state index in [0.29, 0.717) is 6.04 Å². The molecule has 2 aliphatic rings. The Morgan fingerprint density at radius 2 is 2.05 bits per heavy atom. The number of nitrogens with zero attached hydrogens (tertiary/aromatic N) is 2. The number of hydrogen-bond acceptors (Lipinski definition) is 4. The van der Waals surface area contributed by atoms with Gasteiger partial charge in [0.2, 0.25) is 0 Å². The third kappa shape index (κ3) is 3.01. The Balaban J connectivity index is 1.73. The molecule has 0 aliphatic carbocycles.